The van der Waals surface area contributed by atoms with Crippen LogP contribution in [0.25, 0.3) is 10.5 Å². The van der Waals surface area contributed by atoms with Crippen LogP contribution < -0.4 is 0 Å². The van der Waals surface area contributed by atoms with Crippen molar-refractivity contribution in [2.45, 2.75) is 6.43 Å². The van der Waals surface area contributed by atoms with Gasteiger partial charge >= 0.3 is 0 Å². The highest BCUT2D eigenvalue weighted by atomic mass is 19.3. The molecule has 17 heavy (non-hydrogen) atoms. The minimum atomic E-state index is -2.47. The molecule has 0 fully saturated rings. The highest BCUT2D eigenvalue weighted by molar-refractivity contribution is 5.77. The lowest BCUT2D eigenvalue weighted by molar-refractivity contribution is 0.159. The molecule has 5 nitrogen and oxygen atoms in total. The minimum absolute atomic E-state index is 0.268. The summed E-state index contributed by atoms with van der Waals surface area (Å²) in [5, 5.41) is 4.05. The maximum atomic E-state index is 11.9. The van der Waals surface area contributed by atoms with Crippen LogP contribution in [0.5, 0.6) is 0 Å². The third-order valence-electron chi connectivity index (χ3n) is 1.95. The number of rotatable bonds is 3. The van der Waals surface area contributed by atoms with E-state index < -0.39 is 13.0 Å². The Kier molecular flexibility index (Phi) is 3.05. The van der Waals surface area contributed by atoms with Crippen molar-refractivity contribution in [2.24, 2.45) is 4.99 Å². The number of hydrogen-bond acceptors (Lipinski definition) is 3. The second kappa shape index (κ2) is 4.65. The van der Waals surface area contributed by atoms with E-state index in [1.807, 2.05) is 0 Å². The zero-order chi connectivity index (χ0) is 12.3. The third kappa shape index (κ3) is 2.42. The highest BCUT2D eigenvalue weighted by Gasteiger charge is 2.06. The van der Waals surface area contributed by atoms with Crippen LogP contribution in [0.2, 0.25) is 0 Å². The van der Waals surface area contributed by atoms with Gasteiger partial charge in [-0.25, -0.2) is 13.8 Å². The summed E-state index contributed by atoms with van der Waals surface area (Å²) >= 11 is 0. The third-order valence-corrected chi connectivity index (χ3v) is 1.95. The molecule has 0 aromatic carbocycles. The van der Waals surface area contributed by atoms with E-state index >= 15 is 0 Å². The maximum absolute atomic E-state index is 11.9. The summed E-state index contributed by atoms with van der Waals surface area (Å²) in [5.74, 6) is 0.268. The molecule has 0 bridgehead atoms. The molecule has 0 aliphatic heterocycles. The second-order valence-corrected chi connectivity index (χ2v) is 3.14. The van der Waals surface area contributed by atoms with Gasteiger partial charge in [0.05, 0.1) is 19.0 Å². The van der Waals surface area contributed by atoms with E-state index in [1.165, 1.54) is 16.9 Å². The Morgan fingerprint density at radius 2 is 2.35 bits per heavy atom. The van der Waals surface area contributed by atoms with Gasteiger partial charge in [0.15, 0.2) is 0 Å². The molecule has 0 saturated heterocycles. The smallest absolute Gasteiger partial charge is 0.275 e. The first kappa shape index (κ1) is 11.1. The van der Waals surface area contributed by atoms with Gasteiger partial charge in [0.2, 0.25) is 5.65 Å². The highest BCUT2D eigenvalue weighted by Crippen LogP contribution is 2.12. The van der Waals surface area contributed by atoms with E-state index in [9.17, 15) is 8.78 Å². The molecule has 0 radical (unpaired) electrons. The second-order valence-electron chi connectivity index (χ2n) is 3.14. The van der Waals surface area contributed by atoms with Gasteiger partial charge in [-0.2, -0.15) is 0 Å². The Bertz CT molecular complexity index is 596. The summed E-state index contributed by atoms with van der Waals surface area (Å²) in [6.07, 6.45) is 0.177. The first-order chi connectivity index (χ1) is 8.20. The fourth-order valence-electron chi connectivity index (χ4n) is 1.25. The number of fused-ring (bicyclic) bond motifs is 1. The van der Waals surface area contributed by atoms with Crippen LogP contribution in [-0.4, -0.2) is 33.8 Å². The van der Waals surface area contributed by atoms with E-state index in [2.05, 4.69) is 19.9 Å². The van der Waals surface area contributed by atoms with Gasteiger partial charge < -0.3 is 4.85 Å². The fraction of sp³-hybridized carbons (Fsp3) is 0.200. The van der Waals surface area contributed by atoms with E-state index in [1.54, 1.807) is 12.1 Å². The molecular weight excluding hydrogens is 228 g/mol. The molecule has 0 spiro atoms. The molecule has 0 unspecified atom stereocenters. The van der Waals surface area contributed by atoms with Crippen molar-refractivity contribution >= 4 is 17.7 Å². The molecule has 0 atom stereocenters. The topological polar surface area (TPSA) is 46.9 Å². The van der Waals surface area contributed by atoms with Gasteiger partial charge in [-0.1, -0.05) is 11.7 Å². The number of halogens is 2. The number of nitrogens with zero attached hydrogens (tertiary/aromatic N) is 5. The standard InChI is InChI=1S/C10H7F2N5/c1-13-10-6-15-9-3-2-7(16-17(9)10)4-14-5-8(11)12/h2-4,6,8H,5H2. The Hall–Kier alpha value is -2.36. The average Bonchev–Trinajstić information content (AvgIpc) is 2.70. The van der Waals surface area contributed by atoms with E-state index in [0.29, 0.717) is 11.3 Å². The largest absolute Gasteiger partial charge is 0.360 e. The first-order valence-corrected chi connectivity index (χ1v) is 4.71. The number of imidazole rings is 1. The van der Waals surface area contributed by atoms with Crippen LogP contribution in [0.15, 0.2) is 23.3 Å². The molecule has 0 amide bonds. The summed E-state index contributed by atoms with van der Waals surface area (Å²) in [4.78, 5) is 10.7. The predicted octanol–water partition coefficient (Wildman–Crippen LogP) is 1.96. The van der Waals surface area contributed by atoms with Gasteiger partial charge in [0, 0.05) is 6.07 Å². The normalized spacial score (nSPS) is 11.4. The van der Waals surface area contributed by atoms with Gasteiger partial charge in [-0.15, -0.1) is 4.52 Å². The molecule has 2 rings (SSSR count). The van der Waals surface area contributed by atoms with Gasteiger partial charge in [0.1, 0.15) is 5.69 Å². The molecule has 2 aromatic rings. The molecule has 0 N–H and O–H groups in total. The van der Waals surface area contributed by atoms with Crippen molar-refractivity contribution in [3.05, 3.63) is 35.4 Å². The van der Waals surface area contributed by atoms with E-state index in [-0.39, 0.29) is 5.82 Å². The molecular formula is C10H7F2N5. The van der Waals surface area contributed by atoms with Crippen LogP contribution in [0.3, 0.4) is 0 Å². The molecule has 2 heterocycles. The average molecular weight is 235 g/mol. The van der Waals surface area contributed by atoms with Gasteiger partial charge in [0.25, 0.3) is 12.2 Å². The summed E-state index contributed by atoms with van der Waals surface area (Å²) in [7, 11) is 0. The van der Waals surface area contributed by atoms with Crippen LogP contribution in [0.1, 0.15) is 5.69 Å². The summed E-state index contributed by atoms with van der Waals surface area (Å²) in [5.41, 5.74) is 0.933. The number of aromatic nitrogens is 3. The molecule has 7 heteroatoms. The van der Waals surface area contributed by atoms with E-state index in [0.717, 1.165) is 0 Å². The minimum Gasteiger partial charge on any atom is -0.360 e. The number of aliphatic imine (C=N–C) groups is 1. The Labute approximate surface area is 95.2 Å². The summed E-state index contributed by atoms with van der Waals surface area (Å²) in [6.45, 7) is 6.34. The van der Waals surface area contributed by atoms with E-state index in [4.69, 9.17) is 6.57 Å². The van der Waals surface area contributed by atoms with Crippen molar-refractivity contribution in [1.82, 2.24) is 14.6 Å². The molecule has 2 aromatic heterocycles. The lowest BCUT2D eigenvalue weighted by Gasteiger charge is -1.93. The first-order valence-electron chi connectivity index (χ1n) is 4.71. The Balaban J connectivity index is 2.31. The zero-order valence-electron chi connectivity index (χ0n) is 8.59. The van der Waals surface area contributed by atoms with Crippen molar-refractivity contribution in [2.75, 3.05) is 6.54 Å². The Morgan fingerprint density at radius 3 is 3.06 bits per heavy atom. The molecule has 0 aliphatic carbocycles. The van der Waals surface area contributed by atoms with Crippen LogP contribution in [0, 0.1) is 6.57 Å². The zero-order valence-corrected chi connectivity index (χ0v) is 8.59. The number of alkyl halides is 2. The molecule has 0 saturated carbocycles. The number of hydrogen-bond donors (Lipinski definition) is 0. The summed E-state index contributed by atoms with van der Waals surface area (Å²) in [6, 6.07) is 3.25. The van der Waals surface area contributed by atoms with Crippen molar-refractivity contribution in [1.29, 1.82) is 0 Å². The van der Waals surface area contributed by atoms with Crippen LogP contribution in [-0.2, 0) is 0 Å². The predicted molar refractivity (Wildman–Crippen MR) is 57.7 cm³/mol. The van der Waals surface area contributed by atoms with Gasteiger partial charge in [-0.05, 0) is 6.07 Å². The maximum Gasteiger partial charge on any atom is 0.275 e. The SMILES string of the molecule is [C-]#[N+]c1cnc2ccc(C=NCC(F)F)nn12. The Morgan fingerprint density at radius 1 is 1.53 bits per heavy atom. The van der Waals surface area contributed by atoms with Gasteiger partial charge in [-0.3, -0.25) is 4.99 Å². The van der Waals surface area contributed by atoms with Crippen molar-refractivity contribution in [3.8, 4) is 0 Å². The summed E-state index contributed by atoms with van der Waals surface area (Å²) < 4.78 is 25.1. The quantitative estimate of drug-likeness (QED) is 0.603. The lowest BCUT2D eigenvalue weighted by Crippen LogP contribution is -1.99. The van der Waals surface area contributed by atoms with Crippen molar-refractivity contribution in [3.63, 3.8) is 0 Å². The van der Waals surface area contributed by atoms with Crippen molar-refractivity contribution < 1.29 is 8.78 Å². The lowest BCUT2D eigenvalue weighted by atomic mass is 10.4. The molecule has 0 aliphatic rings. The van der Waals surface area contributed by atoms with Crippen LogP contribution >= 0.6 is 0 Å². The molecule has 86 valence electrons. The van der Waals surface area contributed by atoms with Crippen LogP contribution in [0.4, 0.5) is 14.6 Å². The fourth-order valence-corrected chi connectivity index (χ4v) is 1.25. The monoisotopic (exact) mass is 235 g/mol.